The van der Waals surface area contributed by atoms with Crippen molar-refractivity contribution in [3.05, 3.63) is 96.5 Å². The van der Waals surface area contributed by atoms with Crippen molar-refractivity contribution in [1.82, 2.24) is 14.0 Å². The zero-order chi connectivity index (χ0) is 21.6. The standard InChI is InChI=1S/C20H13BrF2N4O3/c1-11-18(12-5-7-13(8-6-12)27(29)30)24-20-25(10-15(21)19(28)26(11)20)9-14-16(22)3-2-4-17(14)23/h2-8,10H,9H2,1H3. The molecule has 0 aliphatic rings. The van der Waals surface area contributed by atoms with Crippen LogP contribution < -0.4 is 5.56 Å². The summed E-state index contributed by atoms with van der Waals surface area (Å²) >= 11 is 3.20. The summed E-state index contributed by atoms with van der Waals surface area (Å²) < 4.78 is 31.3. The SMILES string of the molecule is Cc1c(-c2ccc([N+](=O)[O-])cc2)nc2n(Cc3c(F)cccc3F)cc(Br)c(=O)n12. The molecule has 0 spiro atoms. The first-order chi connectivity index (χ1) is 14.3. The van der Waals surface area contributed by atoms with Crippen molar-refractivity contribution in [2.24, 2.45) is 0 Å². The third-order valence-electron chi connectivity index (χ3n) is 4.77. The zero-order valence-electron chi connectivity index (χ0n) is 15.5. The van der Waals surface area contributed by atoms with E-state index in [0.29, 0.717) is 17.0 Å². The monoisotopic (exact) mass is 474 g/mol. The number of hydrogen-bond acceptors (Lipinski definition) is 4. The molecule has 7 nitrogen and oxygen atoms in total. The van der Waals surface area contributed by atoms with Crippen molar-refractivity contribution in [3.63, 3.8) is 0 Å². The van der Waals surface area contributed by atoms with Crippen LogP contribution in [0.25, 0.3) is 17.0 Å². The van der Waals surface area contributed by atoms with Gasteiger partial charge in [-0.25, -0.2) is 18.2 Å². The fourth-order valence-corrected chi connectivity index (χ4v) is 3.69. The summed E-state index contributed by atoms with van der Waals surface area (Å²) in [5.74, 6) is -1.22. The number of nitro benzene ring substituents is 1. The fraction of sp³-hybridized carbons (Fsp3) is 0.100. The van der Waals surface area contributed by atoms with Gasteiger partial charge in [-0.3, -0.25) is 14.9 Å². The number of rotatable bonds is 4. The van der Waals surface area contributed by atoms with Gasteiger partial charge in [-0.2, -0.15) is 0 Å². The van der Waals surface area contributed by atoms with Crippen LogP contribution in [0.1, 0.15) is 11.3 Å². The fourth-order valence-electron chi connectivity index (χ4n) is 3.26. The maximum atomic E-state index is 14.2. The van der Waals surface area contributed by atoms with E-state index in [2.05, 4.69) is 20.9 Å². The van der Waals surface area contributed by atoms with Crippen molar-refractivity contribution in [2.45, 2.75) is 13.5 Å². The molecule has 0 N–H and O–H groups in total. The zero-order valence-corrected chi connectivity index (χ0v) is 17.1. The summed E-state index contributed by atoms with van der Waals surface area (Å²) in [5, 5.41) is 10.9. The number of hydrogen-bond donors (Lipinski definition) is 0. The second kappa shape index (κ2) is 7.45. The van der Waals surface area contributed by atoms with Crippen LogP contribution >= 0.6 is 15.9 Å². The minimum Gasteiger partial charge on any atom is -0.312 e. The van der Waals surface area contributed by atoms with Gasteiger partial charge in [-0.05, 0) is 47.1 Å². The Hall–Kier alpha value is -3.40. The molecule has 2 aromatic carbocycles. The average Bonchev–Trinajstić information content (AvgIpc) is 3.06. The van der Waals surface area contributed by atoms with Crippen molar-refractivity contribution in [1.29, 1.82) is 0 Å². The molecule has 0 radical (unpaired) electrons. The first kappa shape index (κ1) is 19.9. The molecule has 2 aromatic heterocycles. The van der Waals surface area contributed by atoms with Gasteiger partial charge in [0.25, 0.3) is 11.2 Å². The van der Waals surface area contributed by atoms with Gasteiger partial charge in [-0.15, -0.1) is 0 Å². The summed E-state index contributed by atoms with van der Waals surface area (Å²) in [6.45, 7) is 1.50. The minimum absolute atomic E-state index is 0.0717. The summed E-state index contributed by atoms with van der Waals surface area (Å²) in [5.41, 5.74) is 0.884. The van der Waals surface area contributed by atoms with E-state index < -0.39 is 16.6 Å². The highest BCUT2D eigenvalue weighted by Gasteiger charge is 2.19. The normalized spacial score (nSPS) is 11.2. The van der Waals surface area contributed by atoms with Gasteiger partial charge in [0.1, 0.15) is 11.6 Å². The first-order valence-corrected chi connectivity index (χ1v) is 9.53. The maximum Gasteiger partial charge on any atom is 0.273 e. The van der Waals surface area contributed by atoms with Crippen LogP contribution in [0.2, 0.25) is 0 Å². The number of imidazole rings is 1. The molecule has 0 amide bonds. The number of nitrogens with zero attached hydrogens (tertiary/aromatic N) is 4. The Labute approximate surface area is 176 Å². The van der Waals surface area contributed by atoms with Crippen molar-refractivity contribution < 1.29 is 13.7 Å². The molecule has 0 unspecified atom stereocenters. The lowest BCUT2D eigenvalue weighted by atomic mass is 10.1. The van der Waals surface area contributed by atoms with Crippen LogP contribution in [-0.4, -0.2) is 18.9 Å². The van der Waals surface area contributed by atoms with Crippen molar-refractivity contribution in [3.8, 4) is 11.3 Å². The van der Waals surface area contributed by atoms with Gasteiger partial charge in [-0.1, -0.05) is 6.07 Å². The summed E-state index contributed by atoms with van der Waals surface area (Å²) in [7, 11) is 0. The van der Waals surface area contributed by atoms with Crippen LogP contribution in [0, 0.1) is 28.7 Å². The van der Waals surface area contributed by atoms with E-state index in [-0.39, 0.29) is 33.6 Å². The van der Waals surface area contributed by atoms with Crippen molar-refractivity contribution >= 4 is 27.4 Å². The van der Waals surface area contributed by atoms with Crippen LogP contribution in [0.3, 0.4) is 0 Å². The molecule has 0 aliphatic carbocycles. The number of non-ortho nitro benzene ring substituents is 1. The minimum atomic E-state index is -0.707. The second-order valence-corrected chi connectivity index (χ2v) is 7.45. The van der Waals surface area contributed by atoms with Crippen LogP contribution in [-0.2, 0) is 6.54 Å². The van der Waals surface area contributed by atoms with Gasteiger partial charge in [0, 0.05) is 29.5 Å². The van der Waals surface area contributed by atoms with E-state index in [4.69, 9.17) is 0 Å². The maximum absolute atomic E-state index is 14.2. The molecule has 0 fully saturated rings. The van der Waals surface area contributed by atoms with E-state index in [1.165, 1.54) is 45.5 Å². The number of fused-ring (bicyclic) bond motifs is 1. The Morgan fingerprint density at radius 1 is 1.13 bits per heavy atom. The largest absolute Gasteiger partial charge is 0.312 e. The Balaban J connectivity index is 1.91. The molecule has 0 saturated heterocycles. The first-order valence-electron chi connectivity index (χ1n) is 8.73. The van der Waals surface area contributed by atoms with Crippen LogP contribution in [0.5, 0.6) is 0 Å². The third kappa shape index (κ3) is 3.28. The molecule has 0 aliphatic heterocycles. The average molecular weight is 475 g/mol. The number of halogens is 3. The molecule has 4 aromatic rings. The summed E-state index contributed by atoms with van der Waals surface area (Å²) in [6.07, 6.45) is 1.43. The number of benzene rings is 2. The molecule has 0 bridgehead atoms. The molecule has 10 heteroatoms. The molecule has 0 saturated carbocycles. The highest BCUT2D eigenvalue weighted by Crippen LogP contribution is 2.26. The van der Waals surface area contributed by atoms with E-state index in [1.54, 1.807) is 6.92 Å². The van der Waals surface area contributed by atoms with Gasteiger partial charge in [0.05, 0.1) is 27.3 Å². The van der Waals surface area contributed by atoms with Crippen molar-refractivity contribution in [2.75, 3.05) is 0 Å². The molecule has 30 heavy (non-hydrogen) atoms. The predicted octanol–water partition coefficient (Wildman–Crippen LogP) is 4.47. The van der Waals surface area contributed by atoms with Gasteiger partial charge in [0.15, 0.2) is 0 Å². The molecule has 2 heterocycles. The van der Waals surface area contributed by atoms with E-state index >= 15 is 0 Å². The van der Waals surface area contributed by atoms with Gasteiger partial charge in [0.2, 0.25) is 5.78 Å². The summed E-state index contributed by atoms with van der Waals surface area (Å²) in [6, 6.07) is 9.35. The Kier molecular flexibility index (Phi) is 4.94. The Bertz CT molecular complexity index is 1340. The second-order valence-electron chi connectivity index (χ2n) is 6.60. The topological polar surface area (TPSA) is 82.4 Å². The number of aryl methyl sites for hydroxylation is 1. The smallest absolute Gasteiger partial charge is 0.273 e. The van der Waals surface area contributed by atoms with Crippen LogP contribution in [0.4, 0.5) is 14.5 Å². The molecular weight excluding hydrogens is 462 g/mol. The molecule has 4 rings (SSSR count). The van der Waals surface area contributed by atoms with Gasteiger partial charge < -0.3 is 4.57 Å². The lowest BCUT2D eigenvalue weighted by molar-refractivity contribution is -0.384. The number of nitro groups is 1. The lowest BCUT2D eigenvalue weighted by Crippen LogP contribution is -2.20. The van der Waals surface area contributed by atoms with Crippen LogP contribution in [0.15, 0.2) is 57.9 Å². The molecular formula is C20H13BrF2N4O3. The molecule has 0 atom stereocenters. The number of aromatic nitrogens is 3. The lowest BCUT2D eigenvalue weighted by Gasteiger charge is -2.11. The third-order valence-corrected chi connectivity index (χ3v) is 5.31. The Morgan fingerprint density at radius 3 is 2.37 bits per heavy atom. The summed E-state index contributed by atoms with van der Waals surface area (Å²) in [4.78, 5) is 27.6. The van der Waals surface area contributed by atoms with E-state index in [9.17, 15) is 23.7 Å². The van der Waals surface area contributed by atoms with Gasteiger partial charge >= 0.3 is 0 Å². The highest BCUT2D eigenvalue weighted by atomic mass is 79.9. The van der Waals surface area contributed by atoms with E-state index in [0.717, 1.165) is 12.1 Å². The van der Waals surface area contributed by atoms with E-state index in [1.807, 2.05) is 0 Å². The predicted molar refractivity (Wildman–Crippen MR) is 109 cm³/mol. The quantitative estimate of drug-likeness (QED) is 0.322. The highest BCUT2D eigenvalue weighted by molar-refractivity contribution is 9.10. The molecule has 152 valence electrons. The Morgan fingerprint density at radius 2 is 1.77 bits per heavy atom.